The summed E-state index contributed by atoms with van der Waals surface area (Å²) < 4.78 is 2.20. The summed E-state index contributed by atoms with van der Waals surface area (Å²) in [4.78, 5) is 4.72. The van der Waals surface area contributed by atoms with Crippen molar-refractivity contribution >= 4 is 11.0 Å². The molecule has 18 heavy (non-hydrogen) atoms. The van der Waals surface area contributed by atoms with Gasteiger partial charge in [0.25, 0.3) is 0 Å². The minimum Gasteiger partial charge on any atom is -0.331 e. The lowest BCUT2D eigenvalue weighted by molar-refractivity contribution is 0.666. The molecule has 2 rings (SSSR count). The van der Waals surface area contributed by atoms with Crippen LogP contribution in [0.5, 0.6) is 0 Å². The molecule has 0 radical (unpaired) electrons. The van der Waals surface area contributed by atoms with Gasteiger partial charge in [0.1, 0.15) is 5.82 Å². The van der Waals surface area contributed by atoms with Crippen molar-refractivity contribution in [3.05, 3.63) is 29.6 Å². The van der Waals surface area contributed by atoms with E-state index < -0.39 is 0 Å². The smallest absolute Gasteiger partial charge is 0.109 e. The average molecular weight is 245 g/mol. The maximum absolute atomic E-state index is 5.80. The highest BCUT2D eigenvalue weighted by Crippen LogP contribution is 2.18. The number of benzene rings is 1. The van der Waals surface area contributed by atoms with Gasteiger partial charge in [0.2, 0.25) is 0 Å². The minimum absolute atomic E-state index is 0.264. The number of imidazole rings is 1. The predicted molar refractivity (Wildman–Crippen MR) is 76.7 cm³/mol. The van der Waals surface area contributed by atoms with Crippen molar-refractivity contribution in [2.24, 2.45) is 12.8 Å². The quantitative estimate of drug-likeness (QED) is 0.880. The number of fused-ring (bicyclic) bond motifs is 1. The zero-order valence-electron chi connectivity index (χ0n) is 11.6. The Labute approximate surface area is 109 Å². The van der Waals surface area contributed by atoms with Gasteiger partial charge in [0.15, 0.2) is 0 Å². The fourth-order valence-corrected chi connectivity index (χ4v) is 2.29. The third-order valence-electron chi connectivity index (χ3n) is 3.40. The molecular formula is C15H23N3. The molecule has 2 aromatic rings. The summed E-state index contributed by atoms with van der Waals surface area (Å²) in [5.74, 6) is 1.18. The molecule has 1 unspecified atom stereocenters. The van der Waals surface area contributed by atoms with Gasteiger partial charge in [-0.05, 0) is 43.9 Å². The molecule has 0 aliphatic rings. The standard InChI is InChI=1S/C15H23N3/c1-4-5-15-17-13-10-12(7-6-11(2)16)8-9-14(13)18(15)3/h8-11H,4-7,16H2,1-3H3. The molecular weight excluding hydrogens is 222 g/mol. The van der Waals surface area contributed by atoms with E-state index in [2.05, 4.69) is 43.7 Å². The Balaban J connectivity index is 2.28. The van der Waals surface area contributed by atoms with Gasteiger partial charge in [-0.1, -0.05) is 13.0 Å². The van der Waals surface area contributed by atoms with E-state index in [0.29, 0.717) is 0 Å². The number of rotatable bonds is 5. The lowest BCUT2D eigenvalue weighted by atomic mass is 10.1. The second-order valence-electron chi connectivity index (χ2n) is 5.18. The van der Waals surface area contributed by atoms with Gasteiger partial charge in [-0.15, -0.1) is 0 Å². The summed E-state index contributed by atoms with van der Waals surface area (Å²) >= 11 is 0. The van der Waals surface area contributed by atoms with Crippen LogP contribution in [0.2, 0.25) is 0 Å². The maximum Gasteiger partial charge on any atom is 0.109 e. The molecule has 0 amide bonds. The molecule has 3 nitrogen and oxygen atoms in total. The molecule has 0 aliphatic carbocycles. The van der Waals surface area contributed by atoms with E-state index in [1.165, 1.54) is 16.9 Å². The van der Waals surface area contributed by atoms with E-state index >= 15 is 0 Å². The van der Waals surface area contributed by atoms with Gasteiger partial charge < -0.3 is 10.3 Å². The Morgan fingerprint density at radius 1 is 1.33 bits per heavy atom. The number of nitrogens with zero attached hydrogens (tertiary/aromatic N) is 2. The minimum atomic E-state index is 0.264. The van der Waals surface area contributed by atoms with Crippen LogP contribution in [0, 0.1) is 0 Å². The molecule has 0 spiro atoms. The monoisotopic (exact) mass is 245 g/mol. The highest BCUT2D eigenvalue weighted by molar-refractivity contribution is 5.76. The summed E-state index contributed by atoms with van der Waals surface area (Å²) in [6.07, 6.45) is 4.24. The van der Waals surface area contributed by atoms with E-state index in [-0.39, 0.29) is 6.04 Å². The van der Waals surface area contributed by atoms with Crippen LogP contribution in [0.15, 0.2) is 18.2 Å². The van der Waals surface area contributed by atoms with Crippen LogP contribution < -0.4 is 5.73 Å². The van der Waals surface area contributed by atoms with E-state index in [1.807, 2.05) is 0 Å². The third kappa shape index (κ3) is 2.72. The molecule has 0 fully saturated rings. The van der Waals surface area contributed by atoms with Crippen molar-refractivity contribution in [2.45, 2.75) is 45.6 Å². The first-order valence-electron chi connectivity index (χ1n) is 6.81. The average Bonchev–Trinajstić information content (AvgIpc) is 2.64. The summed E-state index contributed by atoms with van der Waals surface area (Å²) in [5, 5.41) is 0. The van der Waals surface area contributed by atoms with E-state index in [9.17, 15) is 0 Å². The van der Waals surface area contributed by atoms with Crippen LogP contribution in [-0.2, 0) is 19.9 Å². The fourth-order valence-electron chi connectivity index (χ4n) is 2.29. The Bertz CT molecular complexity index is 526. The van der Waals surface area contributed by atoms with Crippen molar-refractivity contribution in [1.29, 1.82) is 0 Å². The van der Waals surface area contributed by atoms with Crippen LogP contribution in [0.3, 0.4) is 0 Å². The van der Waals surface area contributed by atoms with Gasteiger partial charge in [-0.2, -0.15) is 0 Å². The molecule has 0 bridgehead atoms. The highest BCUT2D eigenvalue weighted by atomic mass is 15.1. The topological polar surface area (TPSA) is 43.8 Å². The first-order chi connectivity index (χ1) is 8.61. The van der Waals surface area contributed by atoms with E-state index in [1.54, 1.807) is 0 Å². The molecule has 1 aromatic heterocycles. The maximum atomic E-state index is 5.80. The Morgan fingerprint density at radius 2 is 2.11 bits per heavy atom. The Morgan fingerprint density at radius 3 is 2.78 bits per heavy atom. The second-order valence-corrected chi connectivity index (χ2v) is 5.18. The van der Waals surface area contributed by atoms with Crippen molar-refractivity contribution in [3.8, 4) is 0 Å². The third-order valence-corrected chi connectivity index (χ3v) is 3.40. The van der Waals surface area contributed by atoms with Crippen molar-refractivity contribution in [3.63, 3.8) is 0 Å². The normalized spacial score (nSPS) is 13.1. The van der Waals surface area contributed by atoms with E-state index in [4.69, 9.17) is 10.7 Å². The first-order valence-corrected chi connectivity index (χ1v) is 6.81. The SMILES string of the molecule is CCCc1nc2cc(CCC(C)N)ccc2n1C. The molecule has 2 N–H and O–H groups in total. The largest absolute Gasteiger partial charge is 0.331 e. The van der Waals surface area contributed by atoms with Crippen molar-refractivity contribution in [1.82, 2.24) is 9.55 Å². The Kier molecular flexibility index (Phi) is 4.02. The van der Waals surface area contributed by atoms with Crippen LogP contribution in [0.25, 0.3) is 11.0 Å². The van der Waals surface area contributed by atoms with Gasteiger partial charge in [-0.3, -0.25) is 0 Å². The molecule has 1 aromatic carbocycles. The second kappa shape index (κ2) is 5.53. The van der Waals surface area contributed by atoms with Crippen molar-refractivity contribution < 1.29 is 0 Å². The molecule has 98 valence electrons. The lowest BCUT2D eigenvalue weighted by Gasteiger charge is -2.05. The lowest BCUT2D eigenvalue weighted by Crippen LogP contribution is -2.15. The van der Waals surface area contributed by atoms with Crippen LogP contribution >= 0.6 is 0 Å². The zero-order chi connectivity index (χ0) is 13.1. The predicted octanol–water partition coefficient (Wildman–Crippen LogP) is 2.81. The number of aromatic nitrogens is 2. The van der Waals surface area contributed by atoms with Gasteiger partial charge in [0.05, 0.1) is 11.0 Å². The molecule has 0 saturated heterocycles. The van der Waals surface area contributed by atoms with Gasteiger partial charge in [-0.25, -0.2) is 4.98 Å². The number of hydrogen-bond acceptors (Lipinski definition) is 2. The molecule has 3 heteroatoms. The summed E-state index contributed by atoms with van der Waals surface area (Å²) in [5.41, 5.74) is 9.47. The summed E-state index contributed by atoms with van der Waals surface area (Å²) in [6, 6.07) is 6.84. The molecule has 1 atom stereocenters. The number of hydrogen-bond donors (Lipinski definition) is 1. The molecule has 1 heterocycles. The van der Waals surface area contributed by atoms with Crippen LogP contribution in [0.1, 0.15) is 38.1 Å². The molecule has 0 saturated carbocycles. The molecule has 0 aliphatic heterocycles. The zero-order valence-corrected chi connectivity index (χ0v) is 11.6. The summed E-state index contributed by atoms with van der Waals surface area (Å²) in [7, 11) is 2.10. The van der Waals surface area contributed by atoms with Gasteiger partial charge in [0, 0.05) is 19.5 Å². The first kappa shape index (κ1) is 13.1. The van der Waals surface area contributed by atoms with E-state index in [0.717, 1.165) is 31.2 Å². The highest BCUT2D eigenvalue weighted by Gasteiger charge is 2.07. The summed E-state index contributed by atoms with van der Waals surface area (Å²) in [6.45, 7) is 4.24. The number of aryl methyl sites for hydroxylation is 3. The number of nitrogens with two attached hydrogens (primary N) is 1. The van der Waals surface area contributed by atoms with Gasteiger partial charge >= 0.3 is 0 Å². The van der Waals surface area contributed by atoms with Crippen molar-refractivity contribution in [2.75, 3.05) is 0 Å². The van der Waals surface area contributed by atoms with Crippen LogP contribution in [-0.4, -0.2) is 15.6 Å². The fraction of sp³-hybridized carbons (Fsp3) is 0.533. The van der Waals surface area contributed by atoms with Crippen LogP contribution in [0.4, 0.5) is 0 Å². The Hall–Kier alpha value is -1.35.